The number of rotatable bonds is 12. The van der Waals surface area contributed by atoms with Crippen LogP contribution in [0.1, 0.15) is 43.9 Å². The van der Waals surface area contributed by atoms with E-state index >= 15 is 0 Å². The Morgan fingerprint density at radius 3 is 2.71 bits per heavy atom. The molecular formula is C27H31N5O6. The number of morpholine rings is 1. The summed E-state index contributed by atoms with van der Waals surface area (Å²) in [5.74, 6) is -0.712. The standard InChI is InChI=1S/C27H31N5O6/c28-17-25(34)32-23(8-10-30-32)26-20(5-4-9-29-26)19-38-24-7-3-6-21(22(24)18-33)27(35)37-14-2-1-11-31-12-15-36-16-13-31/h3-10,18H,1-2,11-17,19,28H2. The summed E-state index contributed by atoms with van der Waals surface area (Å²) in [4.78, 5) is 43.5. The Morgan fingerprint density at radius 2 is 1.92 bits per heavy atom. The smallest absolute Gasteiger partial charge is 0.338 e. The second-order valence-corrected chi connectivity index (χ2v) is 8.66. The zero-order valence-corrected chi connectivity index (χ0v) is 21.1. The number of hydrogen-bond donors (Lipinski definition) is 1. The summed E-state index contributed by atoms with van der Waals surface area (Å²) < 4.78 is 17.9. The molecule has 11 heteroatoms. The molecule has 0 amide bonds. The van der Waals surface area contributed by atoms with Crippen molar-refractivity contribution in [2.75, 3.05) is 46.0 Å². The zero-order chi connectivity index (χ0) is 26.7. The number of aromatic nitrogens is 3. The van der Waals surface area contributed by atoms with Gasteiger partial charge in [0.15, 0.2) is 6.29 Å². The largest absolute Gasteiger partial charge is 0.488 e. The van der Waals surface area contributed by atoms with Crippen LogP contribution in [0.25, 0.3) is 11.4 Å². The topological polar surface area (TPSA) is 139 Å². The van der Waals surface area contributed by atoms with Gasteiger partial charge in [-0.25, -0.2) is 4.79 Å². The number of benzene rings is 1. The Morgan fingerprint density at radius 1 is 1.08 bits per heavy atom. The number of carbonyl (C=O) groups is 3. The third-order valence-electron chi connectivity index (χ3n) is 6.18. The summed E-state index contributed by atoms with van der Waals surface area (Å²) in [5, 5.41) is 4.04. The highest BCUT2D eigenvalue weighted by Crippen LogP contribution is 2.26. The average molecular weight is 522 g/mol. The lowest BCUT2D eigenvalue weighted by molar-refractivity contribution is 0.0348. The molecule has 200 valence electrons. The molecule has 1 aromatic carbocycles. The normalized spacial score (nSPS) is 13.7. The molecule has 1 aliphatic heterocycles. The summed E-state index contributed by atoms with van der Waals surface area (Å²) in [6, 6.07) is 9.98. The van der Waals surface area contributed by atoms with Crippen LogP contribution in [0, 0.1) is 0 Å². The highest BCUT2D eigenvalue weighted by atomic mass is 16.5. The van der Waals surface area contributed by atoms with Crippen molar-refractivity contribution in [2.45, 2.75) is 19.4 Å². The molecule has 0 bridgehead atoms. The number of pyridine rings is 1. The van der Waals surface area contributed by atoms with E-state index in [1.54, 1.807) is 42.6 Å². The van der Waals surface area contributed by atoms with Gasteiger partial charge in [-0.15, -0.1) is 0 Å². The predicted octanol–water partition coefficient (Wildman–Crippen LogP) is 2.20. The molecule has 0 saturated carbocycles. The van der Waals surface area contributed by atoms with Crippen molar-refractivity contribution in [3.63, 3.8) is 0 Å². The van der Waals surface area contributed by atoms with E-state index in [0.717, 1.165) is 45.7 Å². The van der Waals surface area contributed by atoms with Crippen LogP contribution < -0.4 is 10.5 Å². The number of unbranched alkanes of at least 4 members (excludes halogenated alkanes) is 1. The van der Waals surface area contributed by atoms with E-state index in [4.69, 9.17) is 19.9 Å². The molecule has 0 spiro atoms. The van der Waals surface area contributed by atoms with Crippen molar-refractivity contribution in [3.05, 3.63) is 65.5 Å². The molecule has 3 aromatic rings. The lowest BCUT2D eigenvalue weighted by atomic mass is 10.1. The van der Waals surface area contributed by atoms with Crippen LogP contribution >= 0.6 is 0 Å². The monoisotopic (exact) mass is 521 g/mol. The minimum absolute atomic E-state index is 0.0338. The predicted molar refractivity (Wildman–Crippen MR) is 138 cm³/mol. The van der Waals surface area contributed by atoms with Crippen molar-refractivity contribution in [1.29, 1.82) is 0 Å². The fourth-order valence-electron chi connectivity index (χ4n) is 4.18. The van der Waals surface area contributed by atoms with Gasteiger partial charge in [-0.2, -0.15) is 9.78 Å². The Balaban J connectivity index is 1.39. The van der Waals surface area contributed by atoms with E-state index in [9.17, 15) is 14.4 Å². The highest BCUT2D eigenvalue weighted by molar-refractivity contribution is 6.00. The van der Waals surface area contributed by atoms with E-state index in [1.165, 1.54) is 10.9 Å². The maximum Gasteiger partial charge on any atom is 0.338 e. The first kappa shape index (κ1) is 27.1. The van der Waals surface area contributed by atoms with E-state index in [1.807, 2.05) is 0 Å². The Labute approximate surface area is 220 Å². The van der Waals surface area contributed by atoms with Gasteiger partial charge in [0.2, 0.25) is 0 Å². The molecule has 0 aliphatic carbocycles. The van der Waals surface area contributed by atoms with Crippen molar-refractivity contribution < 1.29 is 28.6 Å². The van der Waals surface area contributed by atoms with Crippen LogP contribution in [0.2, 0.25) is 0 Å². The van der Waals surface area contributed by atoms with Crippen molar-refractivity contribution >= 4 is 18.2 Å². The first-order valence-electron chi connectivity index (χ1n) is 12.5. The van der Waals surface area contributed by atoms with Crippen LogP contribution in [-0.2, 0) is 16.1 Å². The molecule has 0 unspecified atom stereocenters. The molecular weight excluding hydrogens is 490 g/mol. The lowest BCUT2D eigenvalue weighted by Crippen LogP contribution is -2.36. The molecule has 0 radical (unpaired) electrons. The summed E-state index contributed by atoms with van der Waals surface area (Å²) in [6.07, 6.45) is 5.30. The minimum atomic E-state index is -0.574. The maximum absolute atomic E-state index is 12.7. The first-order valence-corrected chi connectivity index (χ1v) is 12.5. The van der Waals surface area contributed by atoms with Crippen molar-refractivity contribution in [2.24, 2.45) is 5.73 Å². The Bertz CT molecular complexity index is 1250. The molecule has 1 fully saturated rings. The van der Waals surface area contributed by atoms with Crippen LogP contribution in [0.5, 0.6) is 5.75 Å². The maximum atomic E-state index is 12.7. The number of hydrogen-bond acceptors (Lipinski definition) is 10. The van der Waals surface area contributed by atoms with Gasteiger partial charge in [-0.05, 0) is 43.7 Å². The van der Waals surface area contributed by atoms with Gasteiger partial charge in [-0.1, -0.05) is 12.1 Å². The van der Waals surface area contributed by atoms with Gasteiger partial charge in [0.05, 0.1) is 55.1 Å². The number of ether oxygens (including phenoxy) is 3. The number of carbonyl (C=O) groups excluding carboxylic acids is 3. The van der Waals surface area contributed by atoms with Gasteiger partial charge in [0.1, 0.15) is 12.4 Å². The Kier molecular flexibility index (Phi) is 9.68. The fourth-order valence-corrected chi connectivity index (χ4v) is 4.18. The van der Waals surface area contributed by atoms with Crippen molar-refractivity contribution in [3.8, 4) is 17.1 Å². The van der Waals surface area contributed by atoms with E-state index in [2.05, 4.69) is 15.0 Å². The molecule has 0 atom stereocenters. The minimum Gasteiger partial charge on any atom is -0.488 e. The molecule has 11 nitrogen and oxygen atoms in total. The van der Waals surface area contributed by atoms with E-state index in [0.29, 0.717) is 23.2 Å². The third kappa shape index (κ3) is 6.68. The van der Waals surface area contributed by atoms with E-state index < -0.39 is 5.97 Å². The highest BCUT2D eigenvalue weighted by Gasteiger charge is 2.19. The second-order valence-electron chi connectivity index (χ2n) is 8.66. The molecule has 2 N–H and O–H groups in total. The quantitative estimate of drug-likeness (QED) is 0.214. The molecule has 38 heavy (non-hydrogen) atoms. The summed E-state index contributed by atoms with van der Waals surface area (Å²) in [7, 11) is 0. The van der Waals surface area contributed by atoms with Crippen LogP contribution in [0.15, 0.2) is 48.8 Å². The van der Waals surface area contributed by atoms with Crippen LogP contribution in [0.4, 0.5) is 0 Å². The number of esters is 1. The van der Waals surface area contributed by atoms with Crippen LogP contribution in [0.3, 0.4) is 0 Å². The third-order valence-corrected chi connectivity index (χ3v) is 6.18. The molecule has 3 heterocycles. The van der Waals surface area contributed by atoms with Crippen LogP contribution in [-0.4, -0.2) is 83.8 Å². The van der Waals surface area contributed by atoms with Gasteiger partial charge in [0.25, 0.3) is 5.91 Å². The van der Waals surface area contributed by atoms with Crippen molar-refractivity contribution in [1.82, 2.24) is 19.7 Å². The molecule has 1 aliphatic rings. The molecule has 4 rings (SSSR count). The lowest BCUT2D eigenvalue weighted by Gasteiger charge is -2.26. The van der Waals surface area contributed by atoms with E-state index in [-0.39, 0.29) is 42.5 Å². The fraction of sp³-hybridized carbons (Fsp3) is 0.370. The molecule has 2 aromatic heterocycles. The van der Waals surface area contributed by atoms with Gasteiger partial charge < -0.3 is 19.9 Å². The zero-order valence-electron chi connectivity index (χ0n) is 21.1. The number of nitrogens with two attached hydrogens (primary N) is 1. The summed E-state index contributed by atoms with van der Waals surface area (Å²) in [5.41, 5.74) is 7.37. The SMILES string of the molecule is NCC(=O)n1nccc1-c1ncccc1COc1cccc(C(=O)OCCCCN2CCOCC2)c1C=O. The van der Waals surface area contributed by atoms with Gasteiger partial charge in [0, 0.05) is 24.8 Å². The first-order chi connectivity index (χ1) is 18.6. The van der Waals surface area contributed by atoms with Gasteiger partial charge >= 0.3 is 5.97 Å². The second kappa shape index (κ2) is 13.6. The Hall–Kier alpha value is -3.93. The summed E-state index contributed by atoms with van der Waals surface area (Å²) in [6.45, 7) is 4.38. The number of aldehydes is 1. The number of nitrogens with zero attached hydrogens (tertiary/aromatic N) is 4. The summed E-state index contributed by atoms with van der Waals surface area (Å²) >= 11 is 0. The molecule has 1 saturated heterocycles. The average Bonchev–Trinajstić information content (AvgIpc) is 3.45. The van der Waals surface area contributed by atoms with Gasteiger partial charge in [-0.3, -0.25) is 19.5 Å².